The standard InChI is InChI=1S/C11H14BNO2/c1-7(2)10-6-12(14)15-11-4-3-8(13)5-9(10)11/h3-7,14H,13H2,1-2H3. The highest BCUT2D eigenvalue weighted by atomic mass is 16.5. The third kappa shape index (κ3) is 1.85. The van der Waals surface area contributed by atoms with Gasteiger partial charge < -0.3 is 15.4 Å². The lowest BCUT2D eigenvalue weighted by molar-refractivity contribution is 0.427. The number of fused-ring (bicyclic) bond motifs is 1. The molecule has 1 aliphatic heterocycles. The van der Waals surface area contributed by atoms with Crippen LogP contribution in [0, 0.1) is 5.92 Å². The second kappa shape index (κ2) is 3.63. The predicted octanol–water partition coefficient (Wildman–Crippen LogP) is 1.72. The molecule has 0 atom stereocenters. The lowest BCUT2D eigenvalue weighted by Crippen LogP contribution is -2.24. The van der Waals surface area contributed by atoms with Gasteiger partial charge in [-0.2, -0.15) is 0 Å². The Balaban J connectivity index is 2.53. The molecular formula is C11H14BNO2. The quantitative estimate of drug-likeness (QED) is 0.539. The second-order valence-electron chi connectivity index (χ2n) is 4.04. The van der Waals surface area contributed by atoms with Crippen LogP contribution in [0.3, 0.4) is 0 Å². The van der Waals surface area contributed by atoms with E-state index in [0.717, 1.165) is 11.1 Å². The van der Waals surface area contributed by atoms with E-state index in [1.807, 2.05) is 6.07 Å². The lowest BCUT2D eigenvalue weighted by atomic mass is 9.78. The van der Waals surface area contributed by atoms with E-state index in [4.69, 9.17) is 10.4 Å². The number of allylic oxidation sites excluding steroid dienone is 1. The van der Waals surface area contributed by atoms with Gasteiger partial charge in [-0.25, -0.2) is 0 Å². The normalized spacial score (nSPS) is 14.7. The molecule has 1 aromatic carbocycles. The summed E-state index contributed by atoms with van der Waals surface area (Å²) in [4.78, 5) is 0. The van der Waals surface area contributed by atoms with Gasteiger partial charge in [-0.3, -0.25) is 0 Å². The number of rotatable bonds is 1. The maximum absolute atomic E-state index is 9.51. The molecule has 4 heteroatoms. The molecule has 1 aliphatic rings. The lowest BCUT2D eigenvalue weighted by Gasteiger charge is -2.23. The maximum Gasteiger partial charge on any atom is 0.552 e. The van der Waals surface area contributed by atoms with Gasteiger partial charge in [0, 0.05) is 11.3 Å². The molecule has 0 radical (unpaired) electrons. The first kappa shape index (κ1) is 10.1. The van der Waals surface area contributed by atoms with E-state index in [-0.39, 0.29) is 0 Å². The van der Waals surface area contributed by atoms with Crippen molar-refractivity contribution in [3.63, 3.8) is 0 Å². The first-order valence-electron chi connectivity index (χ1n) is 5.04. The number of nitrogens with two attached hydrogens (primary N) is 1. The summed E-state index contributed by atoms with van der Waals surface area (Å²) in [6.07, 6.45) is 0. The maximum atomic E-state index is 9.51. The zero-order valence-corrected chi connectivity index (χ0v) is 8.90. The summed E-state index contributed by atoms with van der Waals surface area (Å²) in [6, 6.07) is 5.45. The summed E-state index contributed by atoms with van der Waals surface area (Å²) in [5.74, 6) is 2.76. The van der Waals surface area contributed by atoms with Crippen LogP contribution in [0.15, 0.2) is 24.2 Å². The first-order valence-corrected chi connectivity index (χ1v) is 5.04. The van der Waals surface area contributed by atoms with Crippen molar-refractivity contribution in [1.29, 1.82) is 0 Å². The van der Waals surface area contributed by atoms with E-state index in [1.165, 1.54) is 0 Å². The summed E-state index contributed by atoms with van der Waals surface area (Å²) in [5, 5.41) is 9.51. The van der Waals surface area contributed by atoms with Crippen molar-refractivity contribution in [1.82, 2.24) is 0 Å². The van der Waals surface area contributed by atoms with Gasteiger partial charge >= 0.3 is 7.12 Å². The molecule has 0 fully saturated rings. The van der Waals surface area contributed by atoms with E-state index >= 15 is 0 Å². The van der Waals surface area contributed by atoms with E-state index in [1.54, 1.807) is 18.1 Å². The smallest absolute Gasteiger partial charge is 0.532 e. The molecule has 1 aromatic rings. The first-order chi connectivity index (χ1) is 7.08. The number of hydrogen-bond acceptors (Lipinski definition) is 3. The molecule has 0 aromatic heterocycles. The molecule has 3 N–H and O–H groups in total. The summed E-state index contributed by atoms with van der Waals surface area (Å²) in [5.41, 5.74) is 8.50. The molecule has 0 bridgehead atoms. The Hall–Kier alpha value is -1.42. The molecule has 0 saturated carbocycles. The topological polar surface area (TPSA) is 55.5 Å². The third-order valence-corrected chi connectivity index (χ3v) is 2.51. The van der Waals surface area contributed by atoms with Crippen LogP contribution in [0.1, 0.15) is 19.4 Å². The molecule has 15 heavy (non-hydrogen) atoms. The van der Waals surface area contributed by atoms with Crippen molar-refractivity contribution in [2.75, 3.05) is 5.73 Å². The van der Waals surface area contributed by atoms with Gasteiger partial charge in [0.1, 0.15) is 5.75 Å². The predicted molar refractivity (Wildman–Crippen MR) is 62.3 cm³/mol. The van der Waals surface area contributed by atoms with Crippen molar-refractivity contribution in [3.8, 4) is 5.75 Å². The molecule has 1 heterocycles. The molecule has 0 aliphatic carbocycles. The van der Waals surface area contributed by atoms with Crippen LogP contribution < -0.4 is 10.4 Å². The summed E-state index contributed by atoms with van der Waals surface area (Å²) < 4.78 is 5.29. The van der Waals surface area contributed by atoms with Crippen molar-refractivity contribution >= 4 is 18.4 Å². The monoisotopic (exact) mass is 203 g/mol. The summed E-state index contributed by atoms with van der Waals surface area (Å²) in [6.45, 7) is 4.16. The van der Waals surface area contributed by atoms with Crippen LogP contribution in [0.4, 0.5) is 5.69 Å². The van der Waals surface area contributed by atoms with Crippen LogP contribution >= 0.6 is 0 Å². The Kier molecular flexibility index (Phi) is 2.44. The molecule has 2 rings (SSSR count). The van der Waals surface area contributed by atoms with Gasteiger partial charge in [0.25, 0.3) is 0 Å². The fourth-order valence-electron chi connectivity index (χ4n) is 1.79. The van der Waals surface area contributed by atoms with E-state index < -0.39 is 7.12 Å². The minimum Gasteiger partial charge on any atom is -0.532 e. The molecular weight excluding hydrogens is 189 g/mol. The molecule has 0 amide bonds. The average molecular weight is 203 g/mol. The fourth-order valence-corrected chi connectivity index (χ4v) is 1.79. The summed E-state index contributed by atoms with van der Waals surface area (Å²) in [7, 11) is -0.849. The minimum absolute atomic E-state index is 0.337. The van der Waals surface area contributed by atoms with Gasteiger partial charge in [0.05, 0.1) is 0 Å². The van der Waals surface area contributed by atoms with Crippen LogP contribution in [0.2, 0.25) is 0 Å². The third-order valence-electron chi connectivity index (χ3n) is 2.51. The largest absolute Gasteiger partial charge is 0.552 e. The Labute approximate surface area is 89.7 Å². The minimum atomic E-state index is -0.849. The average Bonchev–Trinajstić information content (AvgIpc) is 2.17. The Morgan fingerprint density at radius 1 is 1.40 bits per heavy atom. The highest BCUT2D eigenvalue weighted by molar-refractivity contribution is 6.52. The van der Waals surface area contributed by atoms with Crippen molar-refractivity contribution in [2.24, 2.45) is 5.92 Å². The number of nitrogen functional groups attached to an aromatic ring is 1. The fraction of sp³-hybridized carbons (Fsp3) is 0.273. The van der Waals surface area contributed by atoms with Crippen LogP contribution in [-0.2, 0) is 0 Å². The highest BCUT2D eigenvalue weighted by Gasteiger charge is 2.24. The van der Waals surface area contributed by atoms with Crippen molar-refractivity contribution in [3.05, 3.63) is 29.7 Å². The van der Waals surface area contributed by atoms with E-state index in [9.17, 15) is 5.02 Å². The Morgan fingerprint density at radius 2 is 2.13 bits per heavy atom. The van der Waals surface area contributed by atoms with Gasteiger partial charge in [0.15, 0.2) is 0 Å². The summed E-state index contributed by atoms with van der Waals surface area (Å²) >= 11 is 0. The van der Waals surface area contributed by atoms with Gasteiger partial charge in [-0.1, -0.05) is 13.8 Å². The van der Waals surface area contributed by atoms with Gasteiger partial charge in [-0.15, -0.1) is 0 Å². The highest BCUT2D eigenvalue weighted by Crippen LogP contribution is 2.35. The Bertz CT molecular complexity index is 415. The second-order valence-corrected chi connectivity index (χ2v) is 4.04. The van der Waals surface area contributed by atoms with E-state index in [0.29, 0.717) is 17.4 Å². The molecule has 3 nitrogen and oxygen atoms in total. The van der Waals surface area contributed by atoms with Crippen LogP contribution in [-0.4, -0.2) is 12.1 Å². The zero-order chi connectivity index (χ0) is 11.0. The van der Waals surface area contributed by atoms with Crippen LogP contribution in [0.25, 0.3) is 5.57 Å². The molecule has 0 unspecified atom stereocenters. The van der Waals surface area contributed by atoms with Crippen molar-refractivity contribution in [2.45, 2.75) is 13.8 Å². The SMILES string of the molecule is CC(C)C1=CB(O)Oc2ccc(N)cc21. The number of benzene rings is 1. The molecule has 78 valence electrons. The van der Waals surface area contributed by atoms with Crippen LogP contribution in [0.5, 0.6) is 5.75 Å². The number of anilines is 1. The molecule has 0 spiro atoms. The molecule has 0 saturated heterocycles. The van der Waals surface area contributed by atoms with Gasteiger partial charge in [0.2, 0.25) is 0 Å². The zero-order valence-electron chi connectivity index (χ0n) is 8.90. The Morgan fingerprint density at radius 3 is 2.80 bits per heavy atom. The van der Waals surface area contributed by atoms with Crippen molar-refractivity contribution < 1.29 is 9.68 Å². The van der Waals surface area contributed by atoms with Gasteiger partial charge in [-0.05, 0) is 35.7 Å². The number of hydrogen-bond donors (Lipinski definition) is 2. The van der Waals surface area contributed by atoms with E-state index in [2.05, 4.69) is 13.8 Å².